The van der Waals surface area contributed by atoms with Crippen molar-refractivity contribution in [3.63, 3.8) is 0 Å². The van der Waals surface area contributed by atoms with Crippen LogP contribution in [0.15, 0.2) is 85.1 Å². The van der Waals surface area contributed by atoms with Crippen LogP contribution in [0, 0.1) is 0 Å². The van der Waals surface area contributed by atoms with Gasteiger partial charge in [-0.15, -0.1) is 0 Å². The number of rotatable bonds is 0. The molecule has 21 heavy (non-hydrogen) atoms. The molecule has 0 heterocycles. The van der Waals surface area contributed by atoms with Gasteiger partial charge in [0.15, 0.2) is 0 Å². The second-order valence-corrected chi connectivity index (χ2v) is 5.13. The van der Waals surface area contributed by atoms with Crippen molar-refractivity contribution in [2.24, 2.45) is 0 Å². The van der Waals surface area contributed by atoms with E-state index in [1.165, 1.54) is 44.9 Å². The van der Waals surface area contributed by atoms with Crippen LogP contribution in [-0.4, -0.2) is 0 Å². The van der Waals surface area contributed by atoms with Gasteiger partial charge < -0.3 is 0 Å². The first-order valence-corrected chi connectivity index (χ1v) is 8.15. The van der Waals surface area contributed by atoms with Crippen LogP contribution in [0.5, 0.6) is 0 Å². The third-order valence-corrected chi connectivity index (χ3v) is 3.24. The molecule has 112 valence electrons. The van der Waals surface area contributed by atoms with E-state index in [0.717, 1.165) is 0 Å². The second kappa shape index (κ2) is 14.6. The Hall–Kier alpha value is -1.82. The molecule has 0 aromatic heterocycles. The average molecular weight is 280 g/mol. The predicted molar refractivity (Wildman–Crippen MR) is 96.3 cm³/mol. The lowest BCUT2D eigenvalue weighted by Gasteiger charge is -1.97. The molecule has 0 heteroatoms. The molecule has 1 aliphatic carbocycles. The molecule has 0 unspecified atom stereocenters. The maximum Gasteiger partial charge on any atom is -0.0348 e. The van der Waals surface area contributed by atoms with Gasteiger partial charge in [-0.05, 0) is 25.7 Å². The fourth-order valence-corrected chi connectivity index (χ4v) is 2.05. The summed E-state index contributed by atoms with van der Waals surface area (Å²) in [4.78, 5) is 0. The van der Waals surface area contributed by atoms with Gasteiger partial charge in [-0.25, -0.2) is 0 Å². The molecule has 0 bridgehead atoms. The minimum Gasteiger partial charge on any atom is -0.0845 e. The Labute approximate surface area is 130 Å². The Kier molecular flexibility index (Phi) is 12.0. The Morgan fingerprint density at radius 3 is 0.952 bits per heavy atom. The maximum absolute atomic E-state index is 2.26. The van der Waals surface area contributed by atoms with Crippen molar-refractivity contribution in [1.29, 1.82) is 0 Å². The Morgan fingerprint density at radius 2 is 0.571 bits per heavy atom. The van der Waals surface area contributed by atoms with Crippen molar-refractivity contribution in [1.82, 2.24) is 0 Å². The summed E-state index contributed by atoms with van der Waals surface area (Å²) in [6.07, 6.45) is 38.5. The SMILES string of the molecule is C1=CCCCCCCC/C=C/C=C/C=C\C=C\C=C\C=C\1. The molecule has 0 amide bonds. The van der Waals surface area contributed by atoms with Crippen LogP contribution in [0.25, 0.3) is 0 Å². The molecule has 0 nitrogen and oxygen atoms in total. The van der Waals surface area contributed by atoms with Gasteiger partial charge in [0.1, 0.15) is 0 Å². The smallest absolute Gasteiger partial charge is 0.0348 e. The lowest BCUT2D eigenvalue weighted by molar-refractivity contribution is 0.622. The van der Waals surface area contributed by atoms with Crippen LogP contribution in [0.4, 0.5) is 0 Å². The van der Waals surface area contributed by atoms with Crippen molar-refractivity contribution in [3.8, 4) is 0 Å². The van der Waals surface area contributed by atoms with Crippen molar-refractivity contribution in [2.75, 3.05) is 0 Å². The lowest BCUT2D eigenvalue weighted by atomic mass is 10.1. The zero-order valence-electron chi connectivity index (χ0n) is 13.0. The quantitative estimate of drug-likeness (QED) is 0.467. The summed E-state index contributed by atoms with van der Waals surface area (Å²) in [5, 5.41) is 0. The van der Waals surface area contributed by atoms with E-state index in [0.29, 0.717) is 0 Å². The molecular formula is C21H28. The van der Waals surface area contributed by atoms with E-state index in [4.69, 9.17) is 0 Å². The van der Waals surface area contributed by atoms with Gasteiger partial charge >= 0.3 is 0 Å². The van der Waals surface area contributed by atoms with E-state index in [-0.39, 0.29) is 0 Å². The van der Waals surface area contributed by atoms with Crippen molar-refractivity contribution < 1.29 is 0 Å². The van der Waals surface area contributed by atoms with Crippen molar-refractivity contribution in [3.05, 3.63) is 85.1 Å². The minimum atomic E-state index is 1.20. The van der Waals surface area contributed by atoms with Gasteiger partial charge in [0, 0.05) is 0 Å². The fraction of sp³-hybridized carbons (Fsp3) is 0.333. The lowest BCUT2D eigenvalue weighted by Crippen LogP contribution is -1.78. The molecule has 0 spiro atoms. The van der Waals surface area contributed by atoms with Crippen molar-refractivity contribution >= 4 is 0 Å². The molecule has 0 aliphatic heterocycles. The average Bonchev–Trinajstić information content (AvgIpc) is 2.50. The molecule has 0 N–H and O–H groups in total. The van der Waals surface area contributed by atoms with Gasteiger partial charge in [0.25, 0.3) is 0 Å². The molecule has 1 rings (SSSR count). The molecule has 0 saturated carbocycles. The summed E-state index contributed by atoms with van der Waals surface area (Å²) in [6, 6.07) is 0. The van der Waals surface area contributed by atoms with E-state index in [1.807, 2.05) is 24.3 Å². The normalized spacial score (nSPS) is 27.8. The Bertz CT molecular complexity index is 385. The highest BCUT2D eigenvalue weighted by molar-refractivity contribution is 5.20. The fourth-order valence-electron chi connectivity index (χ4n) is 2.05. The summed E-state index contributed by atoms with van der Waals surface area (Å²) >= 11 is 0. The first kappa shape index (κ1) is 17.2. The molecule has 1 aliphatic rings. The number of allylic oxidation sites excluding steroid dienone is 14. The third kappa shape index (κ3) is 12.9. The van der Waals surface area contributed by atoms with E-state index in [2.05, 4.69) is 60.8 Å². The highest BCUT2D eigenvalue weighted by Gasteiger charge is 1.88. The first-order chi connectivity index (χ1) is 10.5. The number of hydrogen-bond donors (Lipinski definition) is 0. The van der Waals surface area contributed by atoms with Crippen LogP contribution in [0.1, 0.15) is 44.9 Å². The van der Waals surface area contributed by atoms with Gasteiger partial charge in [0.05, 0.1) is 0 Å². The second-order valence-electron chi connectivity index (χ2n) is 5.13. The summed E-state index contributed by atoms with van der Waals surface area (Å²) in [5.41, 5.74) is 0. The Morgan fingerprint density at radius 1 is 0.286 bits per heavy atom. The van der Waals surface area contributed by atoms with Gasteiger partial charge in [-0.2, -0.15) is 0 Å². The zero-order valence-corrected chi connectivity index (χ0v) is 13.0. The molecule has 0 atom stereocenters. The van der Waals surface area contributed by atoms with Gasteiger partial charge in [0.2, 0.25) is 0 Å². The minimum absolute atomic E-state index is 1.20. The molecule has 0 radical (unpaired) electrons. The van der Waals surface area contributed by atoms with E-state index >= 15 is 0 Å². The number of hydrogen-bond acceptors (Lipinski definition) is 0. The predicted octanol–water partition coefficient (Wildman–Crippen LogP) is 6.62. The van der Waals surface area contributed by atoms with Crippen molar-refractivity contribution in [2.45, 2.75) is 44.9 Å². The van der Waals surface area contributed by atoms with Crippen LogP contribution in [0.2, 0.25) is 0 Å². The highest BCUT2D eigenvalue weighted by Crippen LogP contribution is 2.08. The van der Waals surface area contributed by atoms with E-state index in [9.17, 15) is 0 Å². The molecule has 0 aromatic rings. The monoisotopic (exact) mass is 280 g/mol. The molecule has 0 aromatic carbocycles. The largest absolute Gasteiger partial charge is 0.0845 e. The summed E-state index contributed by atoms with van der Waals surface area (Å²) in [5.74, 6) is 0. The van der Waals surface area contributed by atoms with Crippen LogP contribution >= 0.6 is 0 Å². The zero-order chi connectivity index (χ0) is 14.8. The molecular weight excluding hydrogens is 252 g/mol. The van der Waals surface area contributed by atoms with Crippen LogP contribution < -0.4 is 0 Å². The van der Waals surface area contributed by atoms with Crippen LogP contribution in [-0.2, 0) is 0 Å². The highest BCUT2D eigenvalue weighted by atomic mass is 13.9. The third-order valence-electron chi connectivity index (χ3n) is 3.24. The maximum atomic E-state index is 2.26. The summed E-state index contributed by atoms with van der Waals surface area (Å²) < 4.78 is 0. The first-order valence-electron chi connectivity index (χ1n) is 8.15. The topological polar surface area (TPSA) is 0 Å². The van der Waals surface area contributed by atoms with E-state index < -0.39 is 0 Å². The van der Waals surface area contributed by atoms with E-state index in [1.54, 1.807) is 0 Å². The summed E-state index contributed by atoms with van der Waals surface area (Å²) in [6.45, 7) is 0. The molecule has 0 fully saturated rings. The van der Waals surface area contributed by atoms with Crippen LogP contribution in [0.3, 0.4) is 0 Å². The summed E-state index contributed by atoms with van der Waals surface area (Å²) in [7, 11) is 0. The standard InChI is InChI=1S/C21H28/c1-2-4-6-8-10-12-14-16-18-20-21-19-17-15-13-11-9-7-5-3-1/h1-14H,15-21H2/b2-1+,5-3-,6-4+,9-7+,10-8+,13-11+,14-12?. The Balaban J connectivity index is 2.42. The van der Waals surface area contributed by atoms with Gasteiger partial charge in [-0.3, -0.25) is 0 Å². The molecule has 0 saturated heterocycles. The van der Waals surface area contributed by atoms with Gasteiger partial charge in [-0.1, -0.05) is 104 Å².